The zero-order valence-corrected chi connectivity index (χ0v) is 9.87. The molecule has 2 heterocycles. The number of rotatable bonds is 2. The number of hydrogen-bond acceptors (Lipinski definition) is 3. The largest absolute Gasteiger partial charge is 0.379 e. The van der Waals surface area contributed by atoms with Gasteiger partial charge in [0.05, 0.1) is 12.1 Å². The molecule has 2 aliphatic rings. The number of nitrogens with zero attached hydrogens (tertiary/aromatic N) is 2. The van der Waals surface area contributed by atoms with Crippen molar-refractivity contribution in [1.82, 2.24) is 9.88 Å². The van der Waals surface area contributed by atoms with Crippen LogP contribution >= 0.6 is 0 Å². The predicted molar refractivity (Wildman–Crippen MR) is 62.6 cm³/mol. The van der Waals surface area contributed by atoms with Gasteiger partial charge in [-0.2, -0.15) is 0 Å². The van der Waals surface area contributed by atoms with E-state index in [9.17, 15) is 4.79 Å². The van der Waals surface area contributed by atoms with Crippen LogP contribution in [0.4, 0.5) is 0 Å². The second-order valence-corrected chi connectivity index (χ2v) is 4.80. The van der Waals surface area contributed by atoms with Crippen LogP contribution < -0.4 is 0 Å². The Labute approximate surface area is 101 Å². The minimum atomic E-state index is 0.113. The lowest BCUT2D eigenvalue weighted by molar-refractivity contribution is 0.0546. The standard InChI is InChI=1S/C13H16N2O2/c1-17-12-10-2-3-11(12)15(8-10)13(16)9-4-6-14-7-5-9/h4-7,10-12H,2-3,8H2,1H3/t10-,11+,12+/m0/s1. The molecule has 1 saturated heterocycles. The highest BCUT2D eigenvalue weighted by atomic mass is 16.5. The first-order valence-corrected chi connectivity index (χ1v) is 6.05. The smallest absolute Gasteiger partial charge is 0.254 e. The van der Waals surface area contributed by atoms with Crippen molar-refractivity contribution >= 4 is 5.91 Å². The molecule has 4 nitrogen and oxygen atoms in total. The normalized spacial score (nSPS) is 30.9. The fourth-order valence-electron chi connectivity index (χ4n) is 3.19. The summed E-state index contributed by atoms with van der Waals surface area (Å²) in [4.78, 5) is 18.2. The number of piperidine rings is 1. The summed E-state index contributed by atoms with van der Waals surface area (Å²) in [6, 6.07) is 3.82. The minimum absolute atomic E-state index is 0.113. The van der Waals surface area contributed by atoms with Crippen LogP contribution in [0.5, 0.6) is 0 Å². The van der Waals surface area contributed by atoms with Crippen molar-refractivity contribution < 1.29 is 9.53 Å². The Balaban J connectivity index is 1.81. The van der Waals surface area contributed by atoms with Crippen LogP contribution in [-0.2, 0) is 4.74 Å². The molecule has 2 bridgehead atoms. The predicted octanol–water partition coefficient (Wildman–Crippen LogP) is 1.33. The molecular weight excluding hydrogens is 216 g/mol. The van der Waals surface area contributed by atoms with Gasteiger partial charge in [-0.3, -0.25) is 9.78 Å². The highest BCUT2D eigenvalue weighted by molar-refractivity contribution is 5.94. The van der Waals surface area contributed by atoms with E-state index in [2.05, 4.69) is 4.98 Å². The van der Waals surface area contributed by atoms with Crippen LogP contribution in [0.2, 0.25) is 0 Å². The van der Waals surface area contributed by atoms with Crippen molar-refractivity contribution in [2.45, 2.75) is 25.0 Å². The Kier molecular flexibility index (Phi) is 2.59. The number of likely N-dealkylation sites (tertiary alicyclic amines) is 1. The van der Waals surface area contributed by atoms with Crippen molar-refractivity contribution in [2.24, 2.45) is 5.92 Å². The summed E-state index contributed by atoms with van der Waals surface area (Å²) in [6.45, 7) is 0.838. The van der Waals surface area contributed by atoms with Crippen molar-refractivity contribution in [1.29, 1.82) is 0 Å². The Morgan fingerprint density at radius 3 is 2.82 bits per heavy atom. The van der Waals surface area contributed by atoms with Crippen molar-refractivity contribution in [3.63, 3.8) is 0 Å². The third kappa shape index (κ3) is 1.63. The number of carbonyl (C=O) groups is 1. The quantitative estimate of drug-likeness (QED) is 0.772. The van der Waals surface area contributed by atoms with Gasteiger partial charge in [0, 0.05) is 37.5 Å². The van der Waals surface area contributed by atoms with Crippen LogP contribution in [0.15, 0.2) is 24.5 Å². The number of pyridine rings is 1. The van der Waals surface area contributed by atoms with Crippen molar-refractivity contribution in [3.8, 4) is 0 Å². The van der Waals surface area contributed by atoms with Gasteiger partial charge in [-0.1, -0.05) is 0 Å². The summed E-state index contributed by atoms with van der Waals surface area (Å²) in [5.74, 6) is 0.637. The van der Waals surface area contributed by atoms with Gasteiger partial charge in [0.25, 0.3) is 5.91 Å². The van der Waals surface area contributed by atoms with Gasteiger partial charge in [-0.05, 0) is 25.0 Å². The Hall–Kier alpha value is -1.42. The number of amides is 1. The summed E-state index contributed by atoms with van der Waals surface area (Å²) in [5, 5.41) is 0. The molecule has 1 aliphatic heterocycles. The molecule has 2 fully saturated rings. The Morgan fingerprint density at radius 2 is 2.18 bits per heavy atom. The van der Waals surface area contributed by atoms with Crippen LogP contribution in [0.3, 0.4) is 0 Å². The topological polar surface area (TPSA) is 42.4 Å². The molecule has 1 aliphatic carbocycles. The fraction of sp³-hybridized carbons (Fsp3) is 0.538. The lowest BCUT2D eigenvalue weighted by Crippen LogP contribution is -2.39. The molecule has 1 aromatic heterocycles. The first kappa shape index (κ1) is 10.7. The molecular formula is C13H16N2O2. The monoisotopic (exact) mass is 232 g/mol. The highest BCUT2D eigenvalue weighted by Gasteiger charge is 2.48. The molecule has 1 amide bonds. The average molecular weight is 232 g/mol. The van der Waals surface area contributed by atoms with E-state index in [1.807, 2.05) is 4.90 Å². The van der Waals surface area contributed by atoms with E-state index < -0.39 is 0 Å². The van der Waals surface area contributed by atoms with E-state index in [1.54, 1.807) is 31.6 Å². The van der Waals surface area contributed by atoms with E-state index in [0.717, 1.165) is 18.5 Å². The van der Waals surface area contributed by atoms with E-state index >= 15 is 0 Å². The number of hydrogen-bond donors (Lipinski definition) is 0. The molecule has 0 spiro atoms. The van der Waals surface area contributed by atoms with Crippen LogP contribution in [0, 0.1) is 5.92 Å². The number of aromatic nitrogens is 1. The highest BCUT2D eigenvalue weighted by Crippen LogP contribution is 2.40. The SMILES string of the molecule is CO[C@@H]1[C@H]2CC[C@H]1N(C(=O)c1ccncc1)C2. The van der Waals surface area contributed by atoms with E-state index in [-0.39, 0.29) is 18.1 Å². The first-order chi connectivity index (χ1) is 8.31. The van der Waals surface area contributed by atoms with Gasteiger partial charge in [0.2, 0.25) is 0 Å². The molecule has 4 heteroatoms. The maximum Gasteiger partial charge on any atom is 0.254 e. The maximum atomic E-state index is 12.3. The molecule has 0 N–H and O–H groups in total. The summed E-state index contributed by atoms with van der Waals surface area (Å²) >= 11 is 0. The van der Waals surface area contributed by atoms with Crippen molar-refractivity contribution in [2.75, 3.05) is 13.7 Å². The summed E-state index contributed by atoms with van der Waals surface area (Å²) in [7, 11) is 1.75. The molecule has 3 atom stereocenters. The molecule has 90 valence electrons. The molecule has 0 radical (unpaired) electrons. The molecule has 0 unspecified atom stereocenters. The molecule has 1 aromatic rings. The van der Waals surface area contributed by atoms with Gasteiger partial charge in [-0.25, -0.2) is 0 Å². The van der Waals surface area contributed by atoms with Gasteiger partial charge >= 0.3 is 0 Å². The van der Waals surface area contributed by atoms with E-state index in [0.29, 0.717) is 5.92 Å². The second-order valence-electron chi connectivity index (χ2n) is 4.80. The van der Waals surface area contributed by atoms with Gasteiger partial charge in [0.1, 0.15) is 0 Å². The molecule has 1 saturated carbocycles. The van der Waals surface area contributed by atoms with Gasteiger partial charge in [-0.15, -0.1) is 0 Å². The fourth-order valence-corrected chi connectivity index (χ4v) is 3.19. The summed E-state index contributed by atoms with van der Waals surface area (Å²) < 4.78 is 5.51. The zero-order chi connectivity index (χ0) is 11.8. The lowest BCUT2D eigenvalue weighted by Gasteiger charge is -2.27. The third-order valence-electron chi connectivity index (χ3n) is 3.97. The van der Waals surface area contributed by atoms with Crippen LogP contribution in [0.1, 0.15) is 23.2 Å². The molecule has 3 rings (SSSR count). The van der Waals surface area contributed by atoms with Crippen LogP contribution in [0.25, 0.3) is 0 Å². The van der Waals surface area contributed by atoms with Crippen LogP contribution in [-0.4, -0.2) is 41.6 Å². The molecule has 0 aromatic carbocycles. The minimum Gasteiger partial charge on any atom is -0.379 e. The number of methoxy groups -OCH3 is 1. The molecule has 17 heavy (non-hydrogen) atoms. The lowest BCUT2D eigenvalue weighted by atomic mass is 10.1. The van der Waals surface area contributed by atoms with E-state index in [4.69, 9.17) is 4.74 Å². The van der Waals surface area contributed by atoms with Gasteiger partial charge in [0.15, 0.2) is 0 Å². The van der Waals surface area contributed by atoms with Gasteiger partial charge < -0.3 is 9.64 Å². The van der Waals surface area contributed by atoms with E-state index in [1.165, 1.54) is 6.42 Å². The second kappa shape index (κ2) is 4.11. The number of ether oxygens (including phenoxy) is 1. The average Bonchev–Trinajstić information content (AvgIpc) is 2.95. The summed E-state index contributed by atoms with van der Waals surface area (Å²) in [6.07, 6.45) is 5.81. The summed E-state index contributed by atoms with van der Waals surface area (Å²) in [5.41, 5.74) is 0.724. The number of fused-ring (bicyclic) bond motifs is 2. The first-order valence-electron chi connectivity index (χ1n) is 6.05. The Bertz CT molecular complexity index is 421. The maximum absolute atomic E-state index is 12.3. The number of carbonyl (C=O) groups excluding carboxylic acids is 1. The zero-order valence-electron chi connectivity index (χ0n) is 9.87. The Morgan fingerprint density at radius 1 is 1.41 bits per heavy atom. The van der Waals surface area contributed by atoms with Crippen molar-refractivity contribution in [3.05, 3.63) is 30.1 Å². The third-order valence-corrected chi connectivity index (χ3v) is 3.97.